The summed E-state index contributed by atoms with van der Waals surface area (Å²) in [6.07, 6.45) is 0.0611. The SMILES string of the molecule is O=C(O)CC1c2ccccc2CCN1S(=O)(=O)c1cccc([N+](=O)[O-])c1. The van der Waals surface area contributed by atoms with Crippen LogP contribution < -0.4 is 0 Å². The van der Waals surface area contributed by atoms with Gasteiger partial charge in [-0.05, 0) is 23.6 Å². The van der Waals surface area contributed by atoms with Crippen molar-refractivity contribution in [3.8, 4) is 0 Å². The average molecular weight is 376 g/mol. The Balaban J connectivity index is 2.07. The molecular formula is C17H16N2O6S. The zero-order chi connectivity index (χ0) is 18.9. The molecule has 0 fully saturated rings. The van der Waals surface area contributed by atoms with Gasteiger partial charge in [0.05, 0.1) is 22.3 Å². The maximum atomic E-state index is 13.1. The molecule has 0 bridgehead atoms. The normalized spacial score (nSPS) is 17.5. The maximum Gasteiger partial charge on any atom is 0.305 e. The Morgan fingerprint density at radius 3 is 2.65 bits per heavy atom. The van der Waals surface area contributed by atoms with Crippen LogP contribution in [0.4, 0.5) is 5.69 Å². The van der Waals surface area contributed by atoms with Crippen LogP contribution in [0.25, 0.3) is 0 Å². The largest absolute Gasteiger partial charge is 0.481 e. The van der Waals surface area contributed by atoms with E-state index in [2.05, 4.69) is 0 Å². The average Bonchev–Trinajstić information content (AvgIpc) is 2.61. The van der Waals surface area contributed by atoms with E-state index in [1.54, 1.807) is 12.1 Å². The minimum atomic E-state index is -4.09. The smallest absolute Gasteiger partial charge is 0.305 e. The molecule has 0 aliphatic carbocycles. The predicted molar refractivity (Wildman–Crippen MR) is 92.1 cm³/mol. The summed E-state index contributed by atoms with van der Waals surface area (Å²) < 4.78 is 27.3. The summed E-state index contributed by atoms with van der Waals surface area (Å²) in [7, 11) is -4.09. The zero-order valence-electron chi connectivity index (χ0n) is 13.6. The number of carbonyl (C=O) groups is 1. The second kappa shape index (κ2) is 6.85. The molecule has 8 nitrogen and oxygen atoms in total. The third-order valence-corrected chi connectivity index (χ3v) is 6.27. The van der Waals surface area contributed by atoms with Gasteiger partial charge in [0.25, 0.3) is 5.69 Å². The van der Waals surface area contributed by atoms with E-state index in [0.717, 1.165) is 15.9 Å². The molecule has 0 radical (unpaired) electrons. The third-order valence-electron chi connectivity index (χ3n) is 4.37. The van der Waals surface area contributed by atoms with Gasteiger partial charge >= 0.3 is 5.97 Å². The molecule has 0 spiro atoms. The van der Waals surface area contributed by atoms with Gasteiger partial charge in [-0.25, -0.2) is 8.42 Å². The van der Waals surface area contributed by atoms with Crippen molar-refractivity contribution in [2.24, 2.45) is 0 Å². The monoisotopic (exact) mass is 376 g/mol. The number of nitrogens with zero attached hydrogens (tertiary/aromatic N) is 2. The molecule has 2 aromatic rings. The van der Waals surface area contributed by atoms with Gasteiger partial charge in [0.15, 0.2) is 0 Å². The first-order valence-corrected chi connectivity index (χ1v) is 9.30. The van der Waals surface area contributed by atoms with E-state index in [9.17, 15) is 28.4 Å². The highest BCUT2D eigenvalue weighted by atomic mass is 32.2. The summed E-state index contributed by atoms with van der Waals surface area (Å²) in [5.41, 5.74) is 1.22. The lowest BCUT2D eigenvalue weighted by Crippen LogP contribution is -2.40. The number of nitro benzene ring substituents is 1. The summed E-state index contributed by atoms with van der Waals surface area (Å²) in [6, 6.07) is 11.0. The van der Waals surface area contributed by atoms with Crippen LogP contribution in [0, 0.1) is 10.1 Å². The topological polar surface area (TPSA) is 118 Å². The number of sulfonamides is 1. The number of hydrogen-bond donors (Lipinski definition) is 1. The summed E-state index contributed by atoms with van der Waals surface area (Å²) >= 11 is 0. The van der Waals surface area contributed by atoms with Crippen molar-refractivity contribution in [2.45, 2.75) is 23.8 Å². The van der Waals surface area contributed by atoms with Crippen molar-refractivity contribution in [1.82, 2.24) is 4.31 Å². The van der Waals surface area contributed by atoms with Crippen LogP contribution >= 0.6 is 0 Å². The van der Waals surface area contributed by atoms with Gasteiger partial charge in [-0.1, -0.05) is 30.3 Å². The second-order valence-corrected chi connectivity index (χ2v) is 7.82. The molecule has 136 valence electrons. The minimum absolute atomic E-state index is 0.111. The highest BCUT2D eigenvalue weighted by Crippen LogP contribution is 2.36. The maximum absolute atomic E-state index is 13.1. The Bertz CT molecular complexity index is 973. The van der Waals surface area contributed by atoms with E-state index in [-0.39, 0.29) is 23.5 Å². The van der Waals surface area contributed by atoms with E-state index >= 15 is 0 Å². The van der Waals surface area contributed by atoms with Gasteiger partial charge in [0, 0.05) is 18.7 Å². The Kier molecular flexibility index (Phi) is 4.75. The Hall–Kier alpha value is -2.78. The van der Waals surface area contributed by atoms with Crippen LogP contribution in [0.15, 0.2) is 53.4 Å². The summed E-state index contributed by atoms with van der Waals surface area (Å²) in [5, 5.41) is 20.2. The number of benzene rings is 2. The molecule has 3 rings (SSSR count). The lowest BCUT2D eigenvalue weighted by molar-refractivity contribution is -0.385. The van der Waals surface area contributed by atoms with Crippen LogP contribution in [0.2, 0.25) is 0 Å². The molecule has 1 atom stereocenters. The fourth-order valence-electron chi connectivity index (χ4n) is 3.19. The van der Waals surface area contributed by atoms with Gasteiger partial charge in [0.2, 0.25) is 10.0 Å². The number of carboxylic acids is 1. The van der Waals surface area contributed by atoms with Crippen molar-refractivity contribution >= 4 is 21.7 Å². The molecule has 1 heterocycles. The lowest BCUT2D eigenvalue weighted by Gasteiger charge is -2.35. The van der Waals surface area contributed by atoms with Crippen LogP contribution in [-0.2, 0) is 21.2 Å². The standard InChI is InChI=1S/C17H16N2O6S/c20-17(21)11-16-15-7-2-1-4-12(15)8-9-18(16)26(24,25)14-6-3-5-13(10-14)19(22)23/h1-7,10,16H,8-9,11H2,(H,20,21). The van der Waals surface area contributed by atoms with E-state index in [0.29, 0.717) is 12.0 Å². The van der Waals surface area contributed by atoms with Gasteiger partial charge in [0.1, 0.15) is 0 Å². The highest BCUT2D eigenvalue weighted by molar-refractivity contribution is 7.89. The van der Waals surface area contributed by atoms with Gasteiger partial charge < -0.3 is 5.11 Å². The Morgan fingerprint density at radius 2 is 1.96 bits per heavy atom. The molecule has 0 aromatic heterocycles. The first kappa shape index (κ1) is 18.0. The predicted octanol–water partition coefficient (Wildman–Crippen LogP) is 2.36. The number of rotatable bonds is 5. The van der Waals surface area contributed by atoms with E-state index in [4.69, 9.17) is 0 Å². The minimum Gasteiger partial charge on any atom is -0.481 e. The molecule has 1 unspecified atom stereocenters. The number of hydrogen-bond acceptors (Lipinski definition) is 5. The fourth-order valence-corrected chi connectivity index (χ4v) is 4.83. The van der Waals surface area contributed by atoms with Crippen molar-refractivity contribution < 1.29 is 23.2 Å². The molecule has 1 aliphatic heterocycles. The summed E-state index contributed by atoms with van der Waals surface area (Å²) in [4.78, 5) is 21.4. The molecule has 9 heteroatoms. The van der Waals surface area contributed by atoms with Crippen molar-refractivity contribution in [1.29, 1.82) is 0 Å². The second-order valence-electron chi connectivity index (χ2n) is 5.93. The van der Waals surface area contributed by atoms with Crippen molar-refractivity contribution in [3.05, 3.63) is 69.8 Å². The lowest BCUT2D eigenvalue weighted by atomic mass is 9.92. The number of fused-ring (bicyclic) bond motifs is 1. The molecular weight excluding hydrogens is 360 g/mol. The first-order valence-electron chi connectivity index (χ1n) is 7.86. The van der Waals surface area contributed by atoms with Crippen molar-refractivity contribution in [3.63, 3.8) is 0 Å². The Labute approximate surface area is 149 Å². The van der Waals surface area contributed by atoms with E-state index in [1.165, 1.54) is 18.2 Å². The molecule has 1 aliphatic rings. The van der Waals surface area contributed by atoms with E-state index < -0.39 is 27.0 Å². The summed E-state index contributed by atoms with van der Waals surface area (Å²) in [5.74, 6) is -1.12. The number of aliphatic carboxylic acids is 1. The molecule has 0 amide bonds. The third kappa shape index (κ3) is 3.31. The zero-order valence-corrected chi connectivity index (χ0v) is 14.4. The van der Waals surface area contributed by atoms with Crippen LogP contribution in [0.3, 0.4) is 0 Å². The quantitative estimate of drug-likeness (QED) is 0.632. The first-order chi connectivity index (χ1) is 12.3. The van der Waals surface area contributed by atoms with Crippen LogP contribution in [-0.4, -0.2) is 35.3 Å². The van der Waals surface area contributed by atoms with Gasteiger partial charge in [-0.3, -0.25) is 14.9 Å². The number of carboxylic acid groups (broad SMARTS) is 1. The number of non-ortho nitro benzene ring substituents is 1. The number of nitro groups is 1. The van der Waals surface area contributed by atoms with E-state index in [1.807, 2.05) is 12.1 Å². The summed E-state index contributed by atoms with van der Waals surface area (Å²) in [6.45, 7) is 0.111. The van der Waals surface area contributed by atoms with Gasteiger partial charge in [-0.2, -0.15) is 4.31 Å². The molecule has 2 aromatic carbocycles. The highest BCUT2D eigenvalue weighted by Gasteiger charge is 2.37. The van der Waals surface area contributed by atoms with Crippen LogP contribution in [0.1, 0.15) is 23.6 Å². The van der Waals surface area contributed by atoms with Crippen molar-refractivity contribution in [2.75, 3.05) is 6.54 Å². The molecule has 1 N–H and O–H groups in total. The van der Waals surface area contributed by atoms with Gasteiger partial charge in [-0.15, -0.1) is 0 Å². The fraction of sp³-hybridized carbons (Fsp3) is 0.235. The van der Waals surface area contributed by atoms with Crippen LogP contribution in [0.5, 0.6) is 0 Å². The Morgan fingerprint density at radius 1 is 1.23 bits per heavy atom. The molecule has 26 heavy (non-hydrogen) atoms. The molecule has 0 saturated heterocycles. The molecule has 0 saturated carbocycles.